The molecule has 3 aliphatic heterocycles. The molecule has 48 heavy (non-hydrogen) atoms. The Kier molecular flexibility index (Phi) is 9.80. The molecule has 3 fully saturated rings. The Morgan fingerprint density at radius 3 is 2.25 bits per heavy atom. The molecule has 3 aliphatic rings. The molecule has 0 radical (unpaired) electrons. The number of anilines is 1. The average molecular weight is 666 g/mol. The van der Waals surface area contributed by atoms with Gasteiger partial charge in [0, 0.05) is 30.6 Å². The minimum absolute atomic E-state index is 0.0389. The van der Waals surface area contributed by atoms with Crippen LogP contribution in [0.1, 0.15) is 30.5 Å². The number of nitrogens with zero attached hydrogens (tertiary/aromatic N) is 3. The second-order valence-corrected chi connectivity index (χ2v) is 14.4. The van der Waals surface area contributed by atoms with Crippen molar-refractivity contribution in [1.29, 1.82) is 0 Å². The van der Waals surface area contributed by atoms with E-state index in [0.29, 0.717) is 30.9 Å². The average Bonchev–Trinajstić information content (AvgIpc) is 3.71. The molecule has 3 amide bonds. The Hall–Kier alpha value is -4.34. The van der Waals surface area contributed by atoms with Gasteiger partial charge in [-0.3, -0.25) is 14.4 Å². The summed E-state index contributed by atoms with van der Waals surface area (Å²) in [5, 5.41) is 10.8. The van der Waals surface area contributed by atoms with Crippen LogP contribution in [0.4, 0.5) is 5.69 Å². The highest BCUT2D eigenvalue weighted by atomic mass is 32.2. The predicted octanol–water partition coefficient (Wildman–Crippen LogP) is 5.50. The quantitative estimate of drug-likeness (QED) is 0.243. The third-order valence-corrected chi connectivity index (χ3v) is 12.3. The van der Waals surface area contributed by atoms with Gasteiger partial charge in [0.1, 0.15) is 11.8 Å². The molecule has 6 rings (SSSR count). The van der Waals surface area contributed by atoms with Gasteiger partial charge in [-0.25, -0.2) is 0 Å². The molecule has 1 spiro atoms. The van der Waals surface area contributed by atoms with E-state index in [2.05, 4.69) is 20.1 Å². The molecule has 2 bridgehead atoms. The van der Waals surface area contributed by atoms with Gasteiger partial charge < -0.3 is 24.5 Å². The number of aliphatic hydroxyl groups excluding tert-OH is 1. The van der Waals surface area contributed by atoms with Crippen molar-refractivity contribution in [2.75, 3.05) is 31.7 Å². The number of likely N-dealkylation sites (tertiary alicyclic amines) is 1. The second-order valence-electron chi connectivity index (χ2n) is 12.8. The Balaban J connectivity index is 1.46. The molecule has 0 aliphatic carbocycles. The van der Waals surface area contributed by atoms with Gasteiger partial charge in [-0.1, -0.05) is 79.7 Å². The Labute approximate surface area is 287 Å². The lowest BCUT2D eigenvalue weighted by Crippen LogP contribution is -2.58. The largest absolute Gasteiger partial charge is 0.497 e. The number of carbonyl (C=O) groups is 3. The van der Waals surface area contributed by atoms with Gasteiger partial charge in [0.25, 0.3) is 5.91 Å². The third-order valence-electron chi connectivity index (χ3n) is 10.2. The zero-order chi connectivity index (χ0) is 34.0. The van der Waals surface area contributed by atoms with Crippen LogP contribution in [0.5, 0.6) is 5.75 Å². The molecule has 3 heterocycles. The molecule has 3 aromatic carbocycles. The number of aliphatic hydroxyl groups is 1. The van der Waals surface area contributed by atoms with Crippen molar-refractivity contribution in [3.8, 4) is 5.75 Å². The molecule has 8 nitrogen and oxygen atoms in total. The van der Waals surface area contributed by atoms with Crippen LogP contribution in [0.25, 0.3) is 0 Å². The minimum atomic E-state index is -0.931. The summed E-state index contributed by atoms with van der Waals surface area (Å²) in [5.74, 6) is -1.36. The maximum atomic E-state index is 15.2. The van der Waals surface area contributed by atoms with E-state index in [1.165, 1.54) is 0 Å². The topological polar surface area (TPSA) is 90.4 Å². The van der Waals surface area contributed by atoms with E-state index >= 15 is 9.59 Å². The molecule has 9 heteroatoms. The number of ether oxygens (including phenoxy) is 1. The number of fused-ring (bicyclic) bond motifs is 1. The number of hydrogen-bond donors (Lipinski definition) is 1. The van der Waals surface area contributed by atoms with Crippen LogP contribution in [-0.2, 0) is 20.9 Å². The second kappa shape index (κ2) is 14.0. The lowest BCUT2D eigenvalue weighted by molar-refractivity contribution is -0.146. The summed E-state index contributed by atoms with van der Waals surface area (Å²) >= 11 is 1.63. The van der Waals surface area contributed by atoms with Gasteiger partial charge in [0.2, 0.25) is 11.8 Å². The molecule has 3 unspecified atom stereocenters. The van der Waals surface area contributed by atoms with Gasteiger partial charge in [0.15, 0.2) is 0 Å². The zero-order valence-corrected chi connectivity index (χ0v) is 28.3. The fraction of sp³-hybridized carbons (Fsp3) is 0.359. The number of rotatable bonds is 13. The first-order valence-electron chi connectivity index (χ1n) is 16.5. The van der Waals surface area contributed by atoms with Crippen LogP contribution >= 0.6 is 11.8 Å². The van der Waals surface area contributed by atoms with Gasteiger partial charge in [-0.2, -0.15) is 0 Å². The Morgan fingerprint density at radius 1 is 1.00 bits per heavy atom. The zero-order valence-electron chi connectivity index (χ0n) is 27.5. The number of amides is 3. The smallest absolute Gasteiger partial charge is 0.251 e. The predicted molar refractivity (Wildman–Crippen MR) is 189 cm³/mol. The van der Waals surface area contributed by atoms with E-state index in [-0.39, 0.29) is 42.0 Å². The molecule has 0 saturated carbocycles. The van der Waals surface area contributed by atoms with Crippen molar-refractivity contribution < 1.29 is 24.2 Å². The first-order chi connectivity index (χ1) is 23.3. The van der Waals surface area contributed by atoms with E-state index in [4.69, 9.17) is 4.74 Å². The SMILES string of the molecule is C=CCN(Cc1ccccc1)C(=O)[C@@H]1[C@H]2C(=O)N([C@H](CO)c3ccccc3)C(C(=O)N(CC=C)c3ccc(OC)cc3)C23S[C@@H]1CC3C. The third kappa shape index (κ3) is 5.62. The highest BCUT2D eigenvalue weighted by molar-refractivity contribution is 8.02. The summed E-state index contributed by atoms with van der Waals surface area (Å²) in [6.45, 7) is 10.5. The number of thioether (sulfide) groups is 1. The van der Waals surface area contributed by atoms with E-state index < -0.39 is 28.7 Å². The lowest BCUT2D eigenvalue weighted by Gasteiger charge is -2.42. The minimum Gasteiger partial charge on any atom is -0.497 e. The molecule has 7 atom stereocenters. The normalized spacial score (nSPS) is 26.1. The summed E-state index contributed by atoms with van der Waals surface area (Å²) in [6.07, 6.45) is 4.09. The highest BCUT2D eigenvalue weighted by Gasteiger charge is 2.77. The van der Waals surface area contributed by atoms with Crippen LogP contribution in [0, 0.1) is 17.8 Å². The Morgan fingerprint density at radius 2 is 1.65 bits per heavy atom. The van der Waals surface area contributed by atoms with Crippen molar-refractivity contribution >= 4 is 35.2 Å². The molecule has 1 N–H and O–H groups in total. The van der Waals surface area contributed by atoms with Crippen molar-refractivity contribution in [3.63, 3.8) is 0 Å². The van der Waals surface area contributed by atoms with Crippen LogP contribution in [0.3, 0.4) is 0 Å². The highest BCUT2D eigenvalue weighted by Crippen LogP contribution is 2.69. The van der Waals surface area contributed by atoms with Crippen LogP contribution in [0.15, 0.2) is 110 Å². The molecule has 250 valence electrons. The van der Waals surface area contributed by atoms with Crippen molar-refractivity contribution in [1.82, 2.24) is 9.80 Å². The molecule has 0 aromatic heterocycles. The van der Waals surface area contributed by atoms with Crippen LogP contribution < -0.4 is 9.64 Å². The maximum Gasteiger partial charge on any atom is 0.251 e. The van der Waals surface area contributed by atoms with Crippen LogP contribution in [-0.4, -0.2) is 75.5 Å². The fourth-order valence-corrected chi connectivity index (χ4v) is 10.5. The number of carbonyl (C=O) groups excluding carboxylic acids is 3. The first-order valence-corrected chi connectivity index (χ1v) is 17.3. The van der Waals surface area contributed by atoms with Gasteiger partial charge in [-0.15, -0.1) is 24.9 Å². The summed E-state index contributed by atoms with van der Waals surface area (Å²) in [4.78, 5) is 49.9. The van der Waals surface area contributed by atoms with Gasteiger partial charge >= 0.3 is 0 Å². The number of benzene rings is 3. The fourth-order valence-electron chi connectivity index (χ4n) is 8.15. The van der Waals surface area contributed by atoms with Gasteiger partial charge in [-0.05, 0) is 47.7 Å². The van der Waals surface area contributed by atoms with Crippen molar-refractivity contribution in [2.45, 2.75) is 42.0 Å². The van der Waals surface area contributed by atoms with Crippen LogP contribution in [0.2, 0.25) is 0 Å². The molecular formula is C39H43N3O5S. The number of methoxy groups -OCH3 is 1. The molecule has 3 saturated heterocycles. The Bertz CT molecular complexity index is 1650. The van der Waals surface area contributed by atoms with E-state index in [1.54, 1.807) is 57.9 Å². The van der Waals surface area contributed by atoms with Crippen molar-refractivity contribution in [2.24, 2.45) is 17.8 Å². The van der Waals surface area contributed by atoms with E-state index in [1.807, 2.05) is 72.8 Å². The molecule has 3 aromatic rings. The summed E-state index contributed by atoms with van der Waals surface area (Å²) in [7, 11) is 1.59. The summed E-state index contributed by atoms with van der Waals surface area (Å²) in [5.41, 5.74) is 2.36. The number of hydrogen-bond acceptors (Lipinski definition) is 6. The first kappa shape index (κ1) is 33.6. The summed E-state index contributed by atoms with van der Waals surface area (Å²) in [6, 6.07) is 24.7. The lowest BCUT2D eigenvalue weighted by atomic mass is 9.65. The standard InChI is InChI=1S/C39H43N3O5S/c1-5-21-40(24-27-13-9-7-10-14-27)36(44)33-32-23-26(3)39(48-32)34(33)37(45)42(31(25-43)28-15-11-8-12-16-28)35(39)38(46)41(22-6-2)29-17-19-30(47-4)20-18-29/h5-20,26,31-35,43H,1-2,21-25H2,3-4H3/t26?,31-,32-,33+,34+,35?,39?/m1/s1. The van der Waals surface area contributed by atoms with E-state index in [0.717, 1.165) is 11.1 Å². The van der Waals surface area contributed by atoms with Gasteiger partial charge in [0.05, 0.1) is 36.3 Å². The van der Waals surface area contributed by atoms with Crippen molar-refractivity contribution in [3.05, 3.63) is 121 Å². The van der Waals surface area contributed by atoms with E-state index in [9.17, 15) is 9.90 Å². The monoisotopic (exact) mass is 665 g/mol. The molecular weight excluding hydrogens is 623 g/mol. The summed E-state index contributed by atoms with van der Waals surface area (Å²) < 4.78 is 4.49. The maximum absolute atomic E-state index is 15.2.